The van der Waals surface area contributed by atoms with Crippen molar-refractivity contribution in [1.29, 1.82) is 0 Å². The van der Waals surface area contributed by atoms with Gasteiger partial charge in [0.05, 0.1) is 6.10 Å². The number of hydrogen-bond donors (Lipinski definition) is 1. The molecule has 0 saturated heterocycles. The van der Waals surface area contributed by atoms with Crippen molar-refractivity contribution in [2.45, 2.75) is 59.5 Å². The highest BCUT2D eigenvalue weighted by atomic mass is 16.3. The summed E-state index contributed by atoms with van der Waals surface area (Å²) in [7, 11) is 0. The normalized spacial score (nSPS) is 58.7. The summed E-state index contributed by atoms with van der Waals surface area (Å²) in [5.74, 6) is 3.46. The third-order valence-corrected chi connectivity index (χ3v) is 6.55. The molecule has 3 aliphatic carbocycles. The maximum absolute atomic E-state index is 10.4. The minimum Gasteiger partial charge on any atom is -0.393 e. The molecule has 92 valence electrons. The van der Waals surface area contributed by atoms with Crippen LogP contribution >= 0.6 is 0 Å². The zero-order chi connectivity index (χ0) is 11.7. The Morgan fingerprint density at radius 1 is 1.00 bits per heavy atom. The van der Waals surface area contributed by atoms with Gasteiger partial charge in [0, 0.05) is 0 Å². The molecule has 0 radical (unpaired) electrons. The Bertz CT molecular complexity index is 309. The van der Waals surface area contributed by atoms with E-state index in [-0.39, 0.29) is 11.5 Å². The van der Waals surface area contributed by atoms with Gasteiger partial charge in [0.15, 0.2) is 0 Å². The van der Waals surface area contributed by atoms with E-state index in [0.29, 0.717) is 5.41 Å². The van der Waals surface area contributed by atoms with Crippen molar-refractivity contribution < 1.29 is 5.11 Å². The average molecular weight is 222 g/mol. The monoisotopic (exact) mass is 222 g/mol. The lowest BCUT2D eigenvalue weighted by atomic mass is 9.55. The van der Waals surface area contributed by atoms with E-state index in [9.17, 15) is 5.11 Å². The number of rotatable bonds is 0. The van der Waals surface area contributed by atoms with Gasteiger partial charge in [-0.05, 0) is 60.2 Å². The molecule has 1 heteroatoms. The predicted octanol–water partition coefficient (Wildman–Crippen LogP) is 3.47. The van der Waals surface area contributed by atoms with Crippen molar-refractivity contribution >= 4 is 0 Å². The highest BCUT2D eigenvalue weighted by molar-refractivity contribution is 5.16. The van der Waals surface area contributed by atoms with E-state index in [0.717, 1.165) is 30.1 Å². The molecule has 6 atom stereocenters. The van der Waals surface area contributed by atoms with E-state index < -0.39 is 0 Å². The second-order valence-electron chi connectivity index (χ2n) is 7.59. The Balaban J connectivity index is 1.95. The van der Waals surface area contributed by atoms with Crippen LogP contribution in [0.2, 0.25) is 0 Å². The standard InChI is InChI=1S/C15H26O/c1-9-5-6-11(16)15(4)8-7-10-13(12(9)15)14(10,2)3/h9-13,16H,5-8H2,1-4H3/t9-,10-,11-,12+,13+,15+/m1/s1. The predicted molar refractivity (Wildman–Crippen MR) is 66.0 cm³/mol. The lowest BCUT2D eigenvalue weighted by molar-refractivity contribution is -0.0951. The maximum Gasteiger partial charge on any atom is 0.0596 e. The van der Waals surface area contributed by atoms with Crippen molar-refractivity contribution in [3.05, 3.63) is 0 Å². The Morgan fingerprint density at radius 2 is 1.69 bits per heavy atom. The van der Waals surface area contributed by atoms with Crippen LogP contribution in [-0.4, -0.2) is 11.2 Å². The molecule has 0 unspecified atom stereocenters. The summed E-state index contributed by atoms with van der Waals surface area (Å²) in [6, 6.07) is 0. The first-order valence-corrected chi connectivity index (χ1v) is 7.07. The molecule has 0 bridgehead atoms. The van der Waals surface area contributed by atoms with Gasteiger partial charge in [-0.15, -0.1) is 0 Å². The van der Waals surface area contributed by atoms with Crippen LogP contribution in [0.25, 0.3) is 0 Å². The van der Waals surface area contributed by atoms with Gasteiger partial charge in [0.25, 0.3) is 0 Å². The molecular weight excluding hydrogens is 196 g/mol. The SMILES string of the molecule is C[C@@H]1CC[C@@H](O)[C@]2(C)CC[C@@H]3[C@@H]([C@H]12)C3(C)C. The highest BCUT2D eigenvalue weighted by Gasteiger charge is 2.68. The van der Waals surface area contributed by atoms with Gasteiger partial charge in [-0.3, -0.25) is 0 Å². The van der Waals surface area contributed by atoms with E-state index in [2.05, 4.69) is 27.7 Å². The molecule has 0 amide bonds. The van der Waals surface area contributed by atoms with Crippen LogP contribution in [0.3, 0.4) is 0 Å². The van der Waals surface area contributed by atoms with Crippen molar-refractivity contribution in [3.8, 4) is 0 Å². The van der Waals surface area contributed by atoms with E-state index in [1.54, 1.807) is 0 Å². The third-order valence-electron chi connectivity index (χ3n) is 6.55. The number of aliphatic hydroxyl groups is 1. The van der Waals surface area contributed by atoms with Gasteiger partial charge >= 0.3 is 0 Å². The smallest absolute Gasteiger partial charge is 0.0596 e. The molecule has 0 aliphatic heterocycles. The Kier molecular flexibility index (Phi) is 2.11. The Labute approximate surface area is 99.6 Å². The summed E-state index contributed by atoms with van der Waals surface area (Å²) in [5.41, 5.74) is 0.792. The minimum absolute atomic E-state index is 0.0361. The van der Waals surface area contributed by atoms with Crippen molar-refractivity contribution in [2.75, 3.05) is 0 Å². The van der Waals surface area contributed by atoms with Crippen molar-refractivity contribution in [3.63, 3.8) is 0 Å². The van der Waals surface area contributed by atoms with Gasteiger partial charge < -0.3 is 5.11 Å². The molecule has 0 aromatic carbocycles. The fraction of sp³-hybridized carbons (Fsp3) is 1.00. The first-order valence-electron chi connectivity index (χ1n) is 7.07. The average Bonchev–Trinajstić information content (AvgIpc) is 2.76. The van der Waals surface area contributed by atoms with Crippen LogP contribution in [0.15, 0.2) is 0 Å². The van der Waals surface area contributed by atoms with E-state index in [1.165, 1.54) is 19.3 Å². The molecule has 1 N–H and O–H groups in total. The lowest BCUT2D eigenvalue weighted by Crippen LogP contribution is -2.49. The van der Waals surface area contributed by atoms with Crippen LogP contribution in [0, 0.1) is 34.5 Å². The third kappa shape index (κ3) is 1.16. The summed E-state index contributed by atoms with van der Waals surface area (Å²) >= 11 is 0. The van der Waals surface area contributed by atoms with Gasteiger partial charge in [-0.1, -0.05) is 27.7 Å². The van der Waals surface area contributed by atoms with Crippen LogP contribution in [-0.2, 0) is 0 Å². The van der Waals surface area contributed by atoms with Gasteiger partial charge in [0.2, 0.25) is 0 Å². The Morgan fingerprint density at radius 3 is 2.38 bits per heavy atom. The molecule has 0 heterocycles. The fourth-order valence-corrected chi connectivity index (χ4v) is 5.42. The molecule has 3 aliphatic rings. The summed E-state index contributed by atoms with van der Waals surface area (Å²) in [6.07, 6.45) is 4.85. The van der Waals surface area contributed by atoms with E-state index >= 15 is 0 Å². The van der Waals surface area contributed by atoms with E-state index in [1.807, 2.05) is 0 Å². The summed E-state index contributed by atoms with van der Waals surface area (Å²) in [4.78, 5) is 0. The van der Waals surface area contributed by atoms with Gasteiger partial charge in [0.1, 0.15) is 0 Å². The number of fused-ring (bicyclic) bond motifs is 3. The molecule has 0 aromatic rings. The fourth-order valence-electron chi connectivity index (χ4n) is 5.42. The van der Waals surface area contributed by atoms with Gasteiger partial charge in [-0.25, -0.2) is 0 Å². The Hall–Kier alpha value is -0.0400. The molecule has 0 aromatic heterocycles. The largest absolute Gasteiger partial charge is 0.393 e. The summed E-state index contributed by atoms with van der Waals surface area (Å²) in [6.45, 7) is 9.68. The topological polar surface area (TPSA) is 20.2 Å². The molecule has 3 rings (SSSR count). The van der Waals surface area contributed by atoms with Crippen LogP contribution in [0.4, 0.5) is 0 Å². The molecule has 0 spiro atoms. The van der Waals surface area contributed by atoms with Crippen LogP contribution in [0.1, 0.15) is 53.4 Å². The van der Waals surface area contributed by atoms with Crippen molar-refractivity contribution in [2.24, 2.45) is 34.5 Å². The maximum atomic E-state index is 10.4. The first kappa shape index (κ1) is 11.1. The lowest BCUT2D eigenvalue weighted by Gasteiger charge is -2.51. The second-order valence-corrected chi connectivity index (χ2v) is 7.59. The number of hydrogen-bond acceptors (Lipinski definition) is 1. The van der Waals surface area contributed by atoms with E-state index in [4.69, 9.17) is 0 Å². The first-order chi connectivity index (χ1) is 7.39. The minimum atomic E-state index is -0.0361. The molecule has 3 fully saturated rings. The molecule has 1 nitrogen and oxygen atoms in total. The zero-order valence-electron chi connectivity index (χ0n) is 11.2. The zero-order valence-corrected chi connectivity index (χ0v) is 11.2. The molecule has 3 saturated carbocycles. The molecular formula is C15H26O. The van der Waals surface area contributed by atoms with Gasteiger partial charge in [-0.2, -0.15) is 0 Å². The second kappa shape index (κ2) is 3.04. The van der Waals surface area contributed by atoms with Crippen LogP contribution < -0.4 is 0 Å². The quantitative estimate of drug-likeness (QED) is 0.665. The highest BCUT2D eigenvalue weighted by Crippen LogP contribution is 2.73. The molecule has 16 heavy (non-hydrogen) atoms. The van der Waals surface area contributed by atoms with Crippen molar-refractivity contribution in [1.82, 2.24) is 0 Å². The van der Waals surface area contributed by atoms with Crippen LogP contribution in [0.5, 0.6) is 0 Å². The number of aliphatic hydroxyl groups excluding tert-OH is 1. The summed E-state index contributed by atoms with van der Waals surface area (Å²) < 4.78 is 0. The summed E-state index contributed by atoms with van der Waals surface area (Å²) in [5, 5.41) is 10.4.